The molecule has 0 fully saturated rings. The molecule has 0 aliphatic carbocycles. The van der Waals surface area contributed by atoms with Gasteiger partial charge in [0.05, 0.1) is 0 Å². The average molecular weight is 259 g/mol. The van der Waals surface area contributed by atoms with E-state index in [1.807, 2.05) is 6.55 Å². The van der Waals surface area contributed by atoms with Gasteiger partial charge in [-0.1, -0.05) is 6.55 Å². The summed E-state index contributed by atoms with van der Waals surface area (Å²) in [6.45, 7) is 6.37. The second-order valence-corrected chi connectivity index (χ2v) is 9.22. The minimum Gasteiger partial charge on any atom is -0.359 e. The van der Waals surface area contributed by atoms with E-state index in [4.69, 9.17) is 0 Å². The Morgan fingerprint density at radius 3 is 1.18 bits per heavy atom. The standard InChI is InChI=1S/C10H21N3O3Si/c1-8(14)11-5-17(4,6-12-9(2)15)7-13-10(3)16/h5-7H2,1-4H3,(H,11,14)(H,12,15)(H,13,16). The minimum absolute atomic E-state index is 0.102. The first-order valence-corrected chi connectivity index (χ1v) is 8.61. The maximum absolute atomic E-state index is 10.9. The summed E-state index contributed by atoms with van der Waals surface area (Å²) in [5, 5.41) is 8.26. The number of amides is 3. The van der Waals surface area contributed by atoms with Crippen LogP contribution in [-0.4, -0.2) is 44.3 Å². The minimum atomic E-state index is -1.93. The average Bonchev–Trinajstić information content (AvgIpc) is 2.21. The molecule has 0 unspecified atom stereocenters. The molecule has 0 aliphatic rings. The molecule has 3 N–H and O–H groups in total. The highest BCUT2D eigenvalue weighted by Crippen LogP contribution is 1.98. The van der Waals surface area contributed by atoms with Crippen molar-refractivity contribution < 1.29 is 14.4 Å². The molecular formula is C10H21N3O3Si. The molecule has 3 amide bonds. The second kappa shape index (κ2) is 7.05. The van der Waals surface area contributed by atoms with Crippen molar-refractivity contribution in [2.45, 2.75) is 27.3 Å². The molecule has 0 atom stereocenters. The van der Waals surface area contributed by atoms with E-state index in [1.54, 1.807) is 0 Å². The zero-order valence-electron chi connectivity index (χ0n) is 10.8. The lowest BCUT2D eigenvalue weighted by molar-refractivity contribution is -0.119. The molecular weight excluding hydrogens is 238 g/mol. The molecule has 0 aromatic carbocycles. The van der Waals surface area contributed by atoms with Crippen LogP contribution >= 0.6 is 0 Å². The highest BCUT2D eigenvalue weighted by Gasteiger charge is 2.28. The highest BCUT2D eigenvalue weighted by molar-refractivity contribution is 6.79. The Balaban J connectivity index is 4.37. The molecule has 0 rings (SSSR count). The summed E-state index contributed by atoms with van der Waals surface area (Å²) in [7, 11) is -1.93. The molecule has 0 aromatic heterocycles. The Morgan fingerprint density at radius 1 is 0.765 bits per heavy atom. The Labute approximate surface area is 103 Å². The first-order chi connectivity index (χ1) is 7.75. The number of rotatable bonds is 6. The molecule has 0 aliphatic heterocycles. The monoisotopic (exact) mass is 259 g/mol. The molecule has 6 nitrogen and oxygen atoms in total. The number of nitrogens with one attached hydrogen (secondary N) is 3. The summed E-state index contributed by atoms with van der Waals surface area (Å²) in [4.78, 5) is 32.7. The van der Waals surface area contributed by atoms with Gasteiger partial charge in [-0.2, -0.15) is 0 Å². The molecule has 0 saturated carbocycles. The van der Waals surface area contributed by atoms with Gasteiger partial charge in [-0.25, -0.2) is 0 Å². The largest absolute Gasteiger partial charge is 0.359 e. The van der Waals surface area contributed by atoms with Crippen molar-refractivity contribution in [3.63, 3.8) is 0 Å². The van der Waals surface area contributed by atoms with Crippen molar-refractivity contribution in [3.8, 4) is 0 Å². The second-order valence-electron chi connectivity index (χ2n) is 4.54. The zero-order valence-corrected chi connectivity index (χ0v) is 11.8. The van der Waals surface area contributed by atoms with Crippen LogP contribution in [0.3, 0.4) is 0 Å². The number of hydrogen-bond donors (Lipinski definition) is 3. The lowest BCUT2D eigenvalue weighted by Gasteiger charge is -2.27. The summed E-state index contributed by atoms with van der Waals surface area (Å²) >= 11 is 0. The molecule has 0 radical (unpaired) electrons. The van der Waals surface area contributed by atoms with E-state index in [2.05, 4.69) is 16.0 Å². The smallest absolute Gasteiger partial charge is 0.216 e. The molecule has 98 valence electrons. The van der Waals surface area contributed by atoms with Gasteiger partial charge in [-0.05, 0) is 0 Å². The van der Waals surface area contributed by atoms with Crippen LogP contribution in [0.25, 0.3) is 0 Å². The fourth-order valence-electron chi connectivity index (χ4n) is 1.20. The summed E-state index contributed by atoms with van der Waals surface area (Å²) in [5.74, 6) is -0.307. The van der Waals surface area contributed by atoms with Gasteiger partial charge in [0.15, 0.2) is 0 Å². The number of carbonyl (C=O) groups is 3. The van der Waals surface area contributed by atoms with Crippen LogP contribution in [0.5, 0.6) is 0 Å². The van der Waals surface area contributed by atoms with Crippen molar-refractivity contribution in [1.82, 2.24) is 16.0 Å². The maximum Gasteiger partial charge on any atom is 0.216 e. The van der Waals surface area contributed by atoms with Crippen LogP contribution in [0, 0.1) is 0 Å². The van der Waals surface area contributed by atoms with E-state index < -0.39 is 8.07 Å². The van der Waals surface area contributed by atoms with Gasteiger partial charge in [-0.3, -0.25) is 14.4 Å². The van der Waals surface area contributed by atoms with Crippen molar-refractivity contribution in [2.24, 2.45) is 0 Å². The third-order valence-electron chi connectivity index (χ3n) is 2.29. The predicted molar refractivity (Wildman–Crippen MR) is 67.7 cm³/mol. The van der Waals surface area contributed by atoms with Gasteiger partial charge in [-0.15, -0.1) is 0 Å². The van der Waals surface area contributed by atoms with Gasteiger partial charge < -0.3 is 16.0 Å². The van der Waals surface area contributed by atoms with Crippen LogP contribution < -0.4 is 16.0 Å². The first-order valence-electron chi connectivity index (χ1n) is 5.48. The van der Waals surface area contributed by atoms with Gasteiger partial charge in [0.1, 0.15) is 8.07 Å². The van der Waals surface area contributed by atoms with Gasteiger partial charge in [0.25, 0.3) is 0 Å². The lowest BCUT2D eigenvalue weighted by atomic mass is 10.7. The van der Waals surface area contributed by atoms with Crippen LogP contribution in [0.1, 0.15) is 20.8 Å². The Morgan fingerprint density at radius 2 is 1.00 bits per heavy atom. The van der Waals surface area contributed by atoms with Crippen molar-refractivity contribution in [1.29, 1.82) is 0 Å². The maximum atomic E-state index is 10.9. The van der Waals surface area contributed by atoms with Gasteiger partial charge in [0.2, 0.25) is 17.7 Å². The summed E-state index contributed by atoms with van der Waals surface area (Å²) < 4.78 is 0. The third kappa shape index (κ3) is 8.44. The summed E-state index contributed by atoms with van der Waals surface area (Å²) in [6, 6.07) is 0. The molecule has 0 heterocycles. The van der Waals surface area contributed by atoms with Crippen LogP contribution in [0.4, 0.5) is 0 Å². The normalized spacial score (nSPS) is 10.6. The summed E-state index contributed by atoms with van der Waals surface area (Å²) in [5.41, 5.74) is 0. The van der Waals surface area contributed by atoms with Crippen LogP contribution in [0.2, 0.25) is 6.55 Å². The fourth-order valence-corrected chi connectivity index (χ4v) is 3.60. The van der Waals surface area contributed by atoms with E-state index in [0.717, 1.165) is 0 Å². The summed E-state index contributed by atoms with van der Waals surface area (Å²) in [6.07, 6.45) is 1.59. The molecule has 0 spiro atoms. The molecule has 0 saturated heterocycles. The first kappa shape index (κ1) is 15.6. The predicted octanol–water partition coefficient (Wildman–Crippen LogP) is -0.909. The number of carbonyl (C=O) groups excluding carboxylic acids is 3. The number of hydrogen-bond acceptors (Lipinski definition) is 3. The lowest BCUT2D eigenvalue weighted by Crippen LogP contribution is -2.59. The van der Waals surface area contributed by atoms with E-state index in [0.29, 0.717) is 18.5 Å². The van der Waals surface area contributed by atoms with Gasteiger partial charge in [0, 0.05) is 39.3 Å². The Hall–Kier alpha value is -1.37. The third-order valence-corrected chi connectivity index (χ3v) is 5.38. The van der Waals surface area contributed by atoms with E-state index in [-0.39, 0.29) is 17.7 Å². The van der Waals surface area contributed by atoms with E-state index >= 15 is 0 Å². The zero-order chi connectivity index (χ0) is 13.5. The molecule has 17 heavy (non-hydrogen) atoms. The molecule has 7 heteroatoms. The molecule has 0 bridgehead atoms. The van der Waals surface area contributed by atoms with E-state index in [1.165, 1.54) is 20.8 Å². The van der Waals surface area contributed by atoms with Crippen molar-refractivity contribution in [3.05, 3.63) is 0 Å². The van der Waals surface area contributed by atoms with Crippen molar-refractivity contribution in [2.75, 3.05) is 18.5 Å². The van der Waals surface area contributed by atoms with Gasteiger partial charge >= 0.3 is 0 Å². The highest BCUT2D eigenvalue weighted by atomic mass is 28.3. The quantitative estimate of drug-likeness (QED) is 0.540. The SMILES string of the molecule is CC(=O)NC[Si](C)(CNC(C)=O)CNC(C)=O. The van der Waals surface area contributed by atoms with Crippen molar-refractivity contribution >= 4 is 25.8 Å². The van der Waals surface area contributed by atoms with E-state index in [9.17, 15) is 14.4 Å². The topological polar surface area (TPSA) is 87.3 Å². The van der Waals surface area contributed by atoms with Crippen LogP contribution in [0.15, 0.2) is 0 Å². The molecule has 0 aromatic rings. The fraction of sp³-hybridized carbons (Fsp3) is 0.700. The van der Waals surface area contributed by atoms with Crippen LogP contribution in [-0.2, 0) is 14.4 Å². The Bertz CT molecular complexity index is 262. The Kier molecular flexibility index (Phi) is 6.48.